The SMILES string of the molecule is COC(=O)c1cccc([C@]2(C)CCN(C[C@@H](Cc3ccccc3)C(=O)OC(C)(C)C)C[C@@H]2C)c1. The minimum atomic E-state index is -0.509. The fourth-order valence-electron chi connectivity index (χ4n) is 4.85. The molecule has 1 heterocycles. The van der Waals surface area contributed by atoms with Crippen molar-refractivity contribution in [1.29, 1.82) is 0 Å². The molecule has 0 aromatic heterocycles. The molecule has 1 aliphatic rings. The molecule has 0 N–H and O–H groups in total. The molecule has 0 radical (unpaired) electrons. The van der Waals surface area contributed by atoms with Gasteiger partial charge >= 0.3 is 11.9 Å². The number of piperidine rings is 1. The summed E-state index contributed by atoms with van der Waals surface area (Å²) in [6, 6.07) is 18.0. The van der Waals surface area contributed by atoms with Crippen molar-refractivity contribution >= 4 is 11.9 Å². The van der Waals surface area contributed by atoms with Crippen molar-refractivity contribution in [2.75, 3.05) is 26.7 Å². The Hall–Kier alpha value is -2.66. The van der Waals surface area contributed by atoms with E-state index in [1.54, 1.807) is 6.07 Å². The van der Waals surface area contributed by atoms with Gasteiger partial charge in [-0.2, -0.15) is 0 Å². The van der Waals surface area contributed by atoms with Crippen molar-refractivity contribution in [2.45, 2.75) is 58.5 Å². The first-order chi connectivity index (χ1) is 16.0. The second kappa shape index (κ2) is 10.7. The van der Waals surface area contributed by atoms with Crippen molar-refractivity contribution in [3.8, 4) is 0 Å². The van der Waals surface area contributed by atoms with E-state index in [-0.39, 0.29) is 23.3 Å². The maximum absolute atomic E-state index is 13.1. The number of benzene rings is 2. The standard InChI is InChI=1S/C29H39NO4/c1-21-19-30(16-15-29(21,5)25-14-10-13-23(18-25)26(31)33-6)20-24(27(32)34-28(2,3)4)17-22-11-8-7-9-12-22/h7-14,18,21,24H,15-17,19-20H2,1-6H3/t21-,24+,29+/m0/s1. The maximum Gasteiger partial charge on any atom is 0.337 e. The number of ether oxygens (including phenoxy) is 2. The van der Waals surface area contributed by atoms with Gasteiger partial charge in [0.1, 0.15) is 5.60 Å². The third-order valence-electron chi connectivity index (χ3n) is 7.05. The smallest absolute Gasteiger partial charge is 0.337 e. The summed E-state index contributed by atoms with van der Waals surface area (Å²) in [6.45, 7) is 12.7. The van der Waals surface area contributed by atoms with Gasteiger partial charge in [-0.15, -0.1) is 0 Å². The molecule has 0 amide bonds. The van der Waals surface area contributed by atoms with Crippen LogP contribution in [0.2, 0.25) is 0 Å². The molecule has 1 saturated heterocycles. The second-order valence-corrected chi connectivity index (χ2v) is 10.8. The van der Waals surface area contributed by atoms with Gasteiger partial charge in [-0.25, -0.2) is 4.79 Å². The molecule has 0 saturated carbocycles. The molecule has 0 aliphatic carbocycles. The zero-order chi connectivity index (χ0) is 24.9. The first kappa shape index (κ1) is 26.0. The Labute approximate surface area is 204 Å². The number of hydrogen-bond donors (Lipinski definition) is 0. The Bertz CT molecular complexity index is 981. The number of nitrogens with zero attached hydrogens (tertiary/aromatic N) is 1. The minimum absolute atomic E-state index is 0.0542. The Balaban J connectivity index is 1.74. The molecule has 3 atom stereocenters. The topological polar surface area (TPSA) is 55.8 Å². The maximum atomic E-state index is 13.1. The van der Waals surface area contributed by atoms with E-state index in [9.17, 15) is 9.59 Å². The molecule has 184 valence electrons. The number of likely N-dealkylation sites (tertiary alicyclic amines) is 1. The molecule has 0 bridgehead atoms. The van der Waals surface area contributed by atoms with Crippen molar-refractivity contribution < 1.29 is 19.1 Å². The Morgan fingerprint density at radius 3 is 2.44 bits per heavy atom. The molecule has 3 rings (SSSR count). The molecule has 1 fully saturated rings. The quantitative estimate of drug-likeness (QED) is 0.521. The Kier molecular flexibility index (Phi) is 8.19. The lowest BCUT2D eigenvalue weighted by Crippen LogP contribution is -2.49. The van der Waals surface area contributed by atoms with Crippen LogP contribution in [0.3, 0.4) is 0 Å². The number of carbonyl (C=O) groups excluding carboxylic acids is 2. The van der Waals surface area contributed by atoms with Crippen molar-refractivity contribution in [2.24, 2.45) is 11.8 Å². The minimum Gasteiger partial charge on any atom is -0.465 e. The number of esters is 2. The van der Waals surface area contributed by atoms with Crippen molar-refractivity contribution in [3.63, 3.8) is 0 Å². The molecule has 2 aromatic rings. The van der Waals surface area contributed by atoms with E-state index in [2.05, 4.69) is 36.9 Å². The summed E-state index contributed by atoms with van der Waals surface area (Å²) in [5.41, 5.74) is 2.33. The molecule has 34 heavy (non-hydrogen) atoms. The summed E-state index contributed by atoms with van der Waals surface area (Å²) in [5.74, 6) is -0.314. The van der Waals surface area contributed by atoms with Crippen LogP contribution in [0.25, 0.3) is 0 Å². The lowest BCUT2D eigenvalue weighted by Gasteiger charge is -2.46. The molecule has 1 aliphatic heterocycles. The number of rotatable bonds is 7. The lowest BCUT2D eigenvalue weighted by molar-refractivity contribution is -0.160. The van der Waals surface area contributed by atoms with E-state index in [0.717, 1.165) is 30.6 Å². The van der Waals surface area contributed by atoms with Crippen LogP contribution in [0.15, 0.2) is 54.6 Å². The largest absolute Gasteiger partial charge is 0.465 e. The highest BCUT2D eigenvalue weighted by molar-refractivity contribution is 5.89. The van der Waals surface area contributed by atoms with Crippen LogP contribution in [-0.2, 0) is 26.1 Å². The van der Waals surface area contributed by atoms with Crippen LogP contribution in [0, 0.1) is 11.8 Å². The van der Waals surface area contributed by atoms with Gasteiger partial charge in [0.2, 0.25) is 0 Å². The van der Waals surface area contributed by atoms with Crippen LogP contribution in [0.5, 0.6) is 0 Å². The molecule has 5 nitrogen and oxygen atoms in total. The predicted octanol–water partition coefficient (Wildman–Crippen LogP) is 5.27. The third kappa shape index (κ3) is 6.47. The number of hydrogen-bond acceptors (Lipinski definition) is 5. The summed E-state index contributed by atoms with van der Waals surface area (Å²) >= 11 is 0. The van der Waals surface area contributed by atoms with E-state index in [1.807, 2.05) is 51.1 Å². The first-order valence-corrected chi connectivity index (χ1v) is 12.2. The zero-order valence-corrected chi connectivity index (χ0v) is 21.5. The van der Waals surface area contributed by atoms with Gasteiger partial charge in [0, 0.05) is 13.1 Å². The average Bonchev–Trinajstić information content (AvgIpc) is 2.80. The van der Waals surface area contributed by atoms with Crippen LogP contribution in [0.1, 0.15) is 62.5 Å². The summed E-state index contributed by atoms with van der Waals surface area (Å²) in [7, 11) is 1.41. The third-order valence-corrected chi connectivity index (χ3v) is 7.05. The van der Waals surface area contributed by atoms with Crippen molar-refractivity contribution in [1.82, 2.24) is 4.90 Å². The highest BCUT2D eigenvalue weighted by atomic mass is 16.6. The van der Waals surface area contributed by atoms with Gasteiger partial charge < -0.3 is 14.4 Å². The fraction of sp³-hybridized carbons (Fsp3) is 0.517. The monoisotopic (exact) mass is 465 g/mol. The number of methoxy groups -OCH3 is 1. The average molecular weight is 466 g/mol. The van der Waals surface area contributed by atoms with Gasteiger partial charge in [0.15, 0.2) is 0 Å². The van der Waals surface area contributed by atoms with E-state index in [1.165, 1.54) is 7.11 Å². The summed E-state index contributed by atoms with van der Waals surface area (Å²) in [5, 5.41) is 0. The van der Waals surface area contributed by atoms with E-state index >= 15 is 0 Å². The second-order valence-electron chi connectivity index (χ2n) is 10.8. The van der Waals surface area contributed by atoms with Crippen LogP contribution >= 0.6 is 0 Å². The lowest BCUT2D eigenvalue weighted by atomic mass is 9.67. The highest BCUT2D eigenvalue weighted by Crippen LogP contribution is 2.40. The normalized spacial score (nSPS) is 22.1. The van der Waals surface area contributed by atoms with Crippen LogP contribution in [0.4, 0.5) is 0 Å². The Morgan fingerprint density at radius 1 is 1.12 bits per heavy atom. The van der Waals surface area contributed by atoms with E-state index in [0.29, 0.717) is 24.4 Å². The van der Waals surface area contributed by atoms with Gasteiger partial charge in [0.05, 0.1) is 18.6 Å². The van der Waals surface area contributed by atoms with Gasteiger partial charge in [-0.05, 0) is 74.8 Å². The molecule has 5 heteroatoms. The highest BCUT2D eigenvalue weighted by Gasteiger charge is 2.39. The first-order valence-electron chi connectivity index (χ1n) is 12.2. The van der Waals surface area contributed by atoms with Crippen LogP contribution < -0.4 is 0 Å². The van der Waals surface area contributed by atoms with Gasteiger partial charge in [0.25, 0.3) is 0 Å². The summed E-state index contributed by atoms with van der Waals surface area (Å²) < 4.78 is 10.7. The molecule has 0 spiro atoms. The van der Waals surface area contributed by atoms with Crippen LogP contribution in [-0.4, -0.2) is 49.2 Å². The molecular weight excluding hydrogens is 426 g/mol. The number of carbonyl (C=O) groups is 2. The van der Waals surface area contributed by atoms with Gasteiger partial charge in [-0.1, -0.05) is 56.3 Å². The van der Waals surface area contributed by atoms with E-state index in [4.69, 9.17) is 9.47 Å². The van der Waals surface area contributed by atoms with Crippen molar-refractivity contribution in [3.05, 3.63) is 71.3 Å². The Morgan fingerprint density at radius 2 is 1.82 bits per heavy atom. The fourth-order valence-corrected chi connectivity index (χ4v) is 4.85. The molecular formula is C29H39NO4. The van der Waals surface area contributed by atoms with E-state index < -0.39 is 5.60 Å². The molecule has 0 unspecified atom stereocenters. The molecule has 2 aromatic carbocycles. The predicted molar refractivity (Wildman–Crippen MR) is 135 cm³/mol. The van der Waals surface area contributed by atoms with Gasteiger partial charge in [-0.3, -0.25) is 4.79 Å². The zero-order valence-electron chi connectivity index (χ0n) is 21.5. The summed E-state index contributed by atoms with van der Waals surface area (Å²) in [4.78, 5) is 27.5. The summed E-state index contributed by atoms with van der Waals surface area (Å²) in [6.07, 6.45) is 1.62.